The number of sulfonamides is 1. The Kier molecular flexibility index (Phi) is 15.9. The molecular formula is C24H42INO3S. The molecule has 0 atom stereocenters. The molecule has 30 heavy (non-hydrogen) atoms. The molecule has 4 nitrogen and oxygen atoms in total. The number of primary sulfonamides is 1. The minimum atomic E-state index is -3.76. The molecule has 0 aliphatic rings. The van der Waals surface area contributed by atoms with Gasteiger partial charge in [0.1, 0.15) is 4.90 Å². The summed E-state index contributed by atoms with van der Waals surface area (Å²) in [7, 11) is -3.76. The first-order chi connectivity index (χ1) is 14.5. The van der Waals surface area contributed by atoms with Crippen LogP contribution >= 0.6 is 23.0 Å². The van der Waals surface area contributed by atoms with Crippen LogP contribution in [0.5, 0.6) is 5.75 Å². The first-order valence-corrected chi connectivity index (χ1v) is 14.4. The van der Waals surface area contributed by atoms with Crippen LogP contribution in [0.4, 0.5) is 0 Å². The van der Waals surface area contributed by atoms with E-state index >= 15 is 0 Å². The molecule has 0 unspecified atom stereocenters. The summed E-state index contributed by atoms with van der Waals surface area (Å²) in [5.41, 5.74) is 0.918. The monoisotopic (exact) mass is 551 g/mol. The van der Waals surface area contributed by atoms with E-state index in [1.807, 2.05) is 6.07 Å². The number of rotatable bonds is 19. The third kappa shape index (κ3) is 12.5. The summed E-state index contributed by atoms with van der Waals surface area (Å²) >= 11 is 1.73. The van der Waals surface area contributed by atoms with Gasteiger partial charge in [-0.1, -0.05) is 115 Å². The van der Waals surface area contributed by atoms with Crippen molar-refractivity contribution >= 4 is 33.0 Å². The van der Waals surface area contributed by atoms with Gasteiger partial charge in [-0.25, -0.2) is 13.6 Å². The molecule has 1 aromatic rings. The third-order valence-corrected chi connectivity index (χ3v) is 7.12. The first-order valence-electron chi connectivity index (χ1n) is 11.9. The number of para-hydroxylation sites is 1. The molecule has 0 heterocycles. The molecule has 2 N–H and O–H groups in total. The average Bonchev–Trinajstić information content (AvgIpc) is 2.72. The highest BCUT2D eigenvalue weighted by atomic mass is 127. The van der Waals surface area contributed by atoms with E-state index in [-0.39, 0.29) is 4.90 Å². The molecule has 0 bridgehead atoms. The minimum Gasteiger partial charge on any atom is -0.426 e. The van der Waals surface area contributed by atoms with Crippen molar-refractivity contribution in [1.82, 2.24) is 0 Å². The number of hydrogen-bond acceptors (Lipinski definition) is 3. The van der Waals surface area contributed by atoms with Crippen LogP contribution < -0.4 is 8.21 Å². The van der Waals surface area contributed by atoms with Crippen molar-refractivity contribution in [3.63, 3.8) is 0 Å². The van der Waals surface area contributed by atoms with Crippen molar-refractivity contribution in [3.8, 4) is 5.75 Å². The van der Waals surface area contributed by atoms with Crippen LogP contribution in [-0.2, 0) is 16.4 Å². The highest BCUT2D eigenvalue weighted by Gasteiger charge is 2.18. The van der Waals surface area contributed by atoms with Gasteiger partial charge in [-0.15, -0.1) is 0 Å². The summed E-state index contributed by atoms with van der Waals surface area (Å²) in [5, 5.41) is 5.28. The first kappa shape index (κ1) is 27.7. The Morgan fingerprint density at radius 2 is 1.20 bits per heavy atom. The summed E-state index contributed by atoms with van der Waals surface area (Å²) in [5.74, 6) is 0.390. The van der Waals surface area contributed by atoms with Crippen molar-refractivity contribution in [2.75, 3.05) is 0 Å². The zero-order chi connectivity index (χ0) is 22.1. The second-order valence-corrected chi connectivity index (χ2v) is 10.4. The summed E-state index contributed by atoms with van der Waals surface area (Å²) in [4.78, 5) is 0.0749. The number of aryl methyl sites for hydroxylation is 1. The van der Waals surface area contributed by atoms with Gasteiger partial charge in [0.2, 0.25) is 10.0 Å². The fraction of sp³-hybridized carbons (Fsp3) is 0.750. The summed E-state index contributed by atoms with van der Waals surface area (Å²) < 4.78 is 28.7. The van der Waals surface area contributed by atoms with E-state index in [0.29, 0.717) is 5.75 Å². The highest BCUT2D eigenvalue weighted by molar-refractivity contribution is 14.1. The van der Waals surface area contributed by atoms with Gasteiger partial charge in [-0.3, -0.25) is 0 Å². The quantitative estimate of drug-likeness (QED) is 0.141. The maximum atomic E-state index is 11.7. The molecule has 0 fully saturated rings. The molecule has 0 spiro atoms. The molecule has 0 amide bonds. The molecule has 0 aromatic heterocycles. The van der Waals surface area contributed by atoms with Crippen LogP contribution in [0.1, 0.15) is 115 Å². The largest absolute Gasteiger partial charge is 0.426 e. The SMILES string of the molecule is CCCCCCCCCCCCCCCCCCc1cccc(S(N)(=O)=O)c1OI. The smallest absolute Gasteiger partial charge is 0.241 e. The van der Waals surface area contributed by atoms with Gasteiger partial charge in [-0.05, 0) is 24.5 Å². The van der Waals surface area contributed by atoms with Crippen molar-refractivity contribution in [2.24, 2.45) is 5.14 Å². The molecule has 0 radical (unpaired) electrons. The number of hydrogen-bond donors (Lipinski definition) is 1. The maximum absolute atomic E-state index is 11.7. The van der Waals surface area contributed by atoms with Gasteiger partial charge >= 0.3 is 0 Å². The topological polar surface area (TPSA) is 69.4 Å². The van der Waals surface area contributed by atoms with E-state index in [1.165, 1.54) is 96.0 Å². The summed E-state index contributed by atoms with van der Waals surface area (Å²) in [6, 6.07) is 5.16. The van der Waals surface area contributed by atoms with E-state index in [4.69, 9.17) is 8.21 Å². The molecule has 174 valence electrons. The predicted octanol–water partition coefficient (Wildman–Crippen LogP) is 7.87. The van der Waals surface area contributed by atoms with Crippen LogP contribution in [-0.4, -0.2) is 8.42 Å². The van der Waals surface area contributed by atoms with Crippen molar-refractivity contribution in [3.05, 3.63) is 23.8 Å². The van der Waals surface area contributed by atoms with Gasteiger partial charge in [0.15, 0.2) is 28.8 Å². The van der Waals surface area contributed by atoms with E-state index in [0.717, 1.165) is 24.8 Å². The molecule has 0 saturated carbocycles. The van der Waals surface area contributed by atoms with Crippen LogP contribution in [0, 0.1) is 0 Å². The lowest BCUT2D eigenvalue weighted by Gasteiger charge is -2.10. The Morgan fingerprint density at radius 3 is 1.60 bits per heavy atom. The third-order valence-electron chi connectivity index (χ3n) is 5.74. The Hall–Kier alpha value is -0.340. The van der Waals surface area contributed by atoms with Crippen LogP contribution in [0.2, 0.25) is 0 Å². The van der Waals surface area contributed by atoms with Crippen LogP contribution in [0.25, 0.3) is 0 Å². The maximum Gasteiger partial charge on any atom is 0.241 e. The van der Waals surface area contributed by atoms with Crippen LogP contribution in [0.15, 0.2) is 23.1 Å². The molecule has 1 rings (SSSR count). The fourth-order valence-corrected chi connectivity index (χ4v) is 5.30. The van der Waals surface area contributed by atoms with Crippen LogP contribution in [0.3, 0.4) is 0 Å². The van der Waals surface area contributed by atoms with Gasteiger partial charge < -0.3 is 3.07 Å². The predicted molar refractivity (Wildman–Crippen MR) is 136 cm³/mol. The minimum absolute atomic E-state index is 0.0749. The molecule has 6 heteroatoms. The Morgan fingerprint density at radius 1 is 0.767 bits per heavy atom. The average molecular weight is 552 g/mol. The number of halogens is 1. The van der Waals surface area contributed by atoms with E-state index < -0.39 is 10.0 Å². The van der Waals surface area contributed by atoms with Gasteiger partial charge in [0.05, 0.1) is 0 Å². The van der Waals surface area contributed by atoms with Gasteiger partial charge in [0.25, 0.3) is 0 Å². The van der Waals surface area contributed by atoms with Gasteiger partial charge in [-0.2, -0.15) is 0 Å². The molecule has 0 aliphatic carbocycles. The summed E-state index contributed by atoms with van der Waals surface area (Å²) in [6.07, 6.45) is 22.3. The lowest BCUT2D eigenvalue weighted by atomic mass is 10.0. The lowest BCUT2D eigenvalue weighted by Crippen LogP contribution is -2.13. The van der Waals surface area contributed by atoms with Gasteiger partial charge in [0, 0.05) is 0 Å². The summed E-state index contributed by atoms with van der Waals surface area (Å²) in [6.45, 7) is 2.27. The van der Waals surface area contributed by atoms with Crippen molar-refractivity contribution < 1.29 is 11.5 Å². The molecule has 1 aromatic carbocycles. The normalized spacial score (nSPS) is 11.7. The zero-order valence-electron chi connectivity index (χ0n) is 18.8. The molecule has 0 aliphatic heterocycles. The molecular weight excluding hydrogens is 509 g/mol. The second-order valence-electron chi connectivity index (χ2n) is 8.42. The number of unbranched alkanes of at least 4 members (excludes halogenated alkanes) is 15. The van der Waals surface area contributed by atoms with Crippen molar-refractivity contribution in [2.45, 2.75) is 121 Å². The Bertz CT molecular complexity index is 664. The zero-order valence-corrected chi connectivity index (χ0v) is 21.8. The Balaban J connectivity index is 2.02. The van der Waals surface area contributed by atoms with E-state index in [2.05, 4.69) is 6.92 Å². The van der Waals surface area contributed by atoms with E-state index in [9.17, 15) is 8.42 Å². The standard InChI is InChI=1S/C24H42INO3S/c1-2-3-4-5-6-7-8-9-10-11-12-13-14-15-16-17-19-22-20-18-21-23(24(22)29-25)30(26,27)28/h18,20-21H,2-17,19H2,1H3,(H2,26,27,28). The van der Waals surface area contributed by atoms with E-state index in [1.54, 1.807) is 29.1 Å². The Labute approximate surface area is 199 Å². The highest BCUT2D eigenvalue weighted by Crippen LogP contribution is 2.30. The second kappa shape index (κ2) is 17.2. The number of nitrogens with two attached hydrogens (primary N) is 1. The lowest BCUT2D eigenvalue weighted by molar-refractivity contribution is 0.529. The van der Waals surface area contributed by atoms with Crippen molar-refractivity contribution in [1.29, 1.82) is 0 Å². The fourth-order valence-electron chi connectivity index (χ4n) is 3.93. The number of benzene rings is 1. The molecule has 0 saturated heterocycles.